The van der Waals surface area contributed by atoms with Gasteiger partial charge in [0.15, 0.2) is 5.58 Å². The Morgan fingerprint density at radius 2 is 1.97 bits per heavy atom. The molecule has 174 valence electrons. The maximum absolute atomic E-state index is 13.8. The number of fused-ring (bicyclic) bond motifs is 3. The molecule has 3 atom stereocenters. The Hall–Kier alpha value is -3.22. The smallest absolute Gasteiger partial charge is 0.271 e. The van der Waals surface area contributed by atoms with E-state index in [1.54, 1.807) is 24.3 Å². The number of carbonyl (C=O) groups is 2. The number of nitrogens with one attached hydrogen (secondary N) is 1. The molecule has 0 saturated heterocycles. The summed E-state index contributed by atoms with van der Waals surface area (Å²) in [5.74, 6) is 0.921. The van der Waals surface area contributed by atoms with E-state index in [2.05, 4.69) is 12.2 Å². The summed E-state index contributed by atoms with van der Waals surface area (Å²) in [4.78, 5) is 29.3. The van der Waals surface area contributed by atoms with Crippen LogP contribution in [0.3, 0.4) is 0 Å². The lowest BCUT2D eigenvalue weighted by molar-refractivity contribution is -0.134. The highest BCUT2D eigenvalue weighted by Gasteiger charge is 2.48. The molecule has 0 bridgehead atoms. The van der Waals surface area contributed by atoms with Crippen LogP contribution >= 0.6 is 0 Å². The van der Waals surface area contributed by atoms with Gasteiger partial charge in [-0.05, 0) is 43.4 Å². The molecule has 1 N–H and O–H groups in total. The largest absolute Gasteiger partial charge is 0.497 e. The van der Waals surface area contributed by atoms with Crippen LogP contribution < -0.4 is 10.1 Å². The number of hydrogen-bond acceptors (Lipinski definition) is 4. The Kier molecular flexibility index (Phi) is 5.43. The molecule has 1 fully saturated rings. The van der Waals surface area contributed by atoms with Crippen LogP contribution in [0.15, 0.2) is 47.1 Å². The van der Waals surface area contributed by atoms with E-state index >= 15 is 0 Å². The van der Waals surface area contributed by atoms with Gasteiger partial charge >= 0.3 is 0 Å². The molecule has 1 aliphatic carbocycles. The molecule has 1 saturated carbocycles. The fraction of sp³-hybridized carbons (Fsp3) is 0.462. The van der Waals surface area contributed by atoms with E-state index in [4.69, 9.17) is 9.15 Å². The van der Waals surface area contributed by atoms with Gasteiger partial charge < -0.3 is 23.9 Å². The Labute approximate surface area is 193 Å². The SMILES string of the molecule is COc1ccc(CN2C(=O)c3cc4occc4n3C[C@]2(C)C(=O)N[C@H]2CCCC[C@@H]2C)cc1. The maximum atomic E-state index is 13.8. The van der Waals surface area contributed by atoms with Crippen molar-refractivity contribution in [3.63, 3.8) is 0 Å². The molecule has 2 amide bonds. The number of methoxy groups -OCH3 is 1. The number of aromatic nitrogens is 1. The quantitative estimate of drug-likeness (QED) is 0.628. The van der Waals surface area contributed by atoms with Crippen LogP contribution in [0.4, 0.5) is 0 Å². The van der Waals surface area contributed by atoms with Gasteiger partial charge in [-0.1, -0.05) is 31.9 Å². The molecule has 3 aromatic rings. The van der Waals surface area contributed by atoms with Crippen molar-refractivity contribution in [1.82, 2.24) is 14.8 Å². The molecule has 0 unspecified atom stereocenters. The first-order chi connectivity index (χ1) is 15.9. The highest BCUT2D eigenvalue weighted by atomic mass is 16.5. The predicted molar refractivity (Wildman–Crippen MR) is 125 cm³/mol. The molecule has 5 rings (SSSR count). The van der Waals surface area contributed by atoms with Gasteiger partial charge in [-0.2, -0.15) is 0 Å². The van der Waals surface area contributed by atoms with Crippen molar-refractivity contribution in [2.24, 2.45) is 5.92 Å². The third-order valence-electron chi connectivity index (χ3n) is 7.47. The minimum atomic E-state index is -1.04. The van der Waals surface area contributed by atoms with E-state index in [0.717, 1.165) is 36.1 Å². The Bertz CT molecular complexity index is 1180. The summed E-state index contributed by atoms with van der Waals surface area (Å²) >= 11 is 0. The lowest BCUT2D eigenvalue weighted by atomic mass is 9.85. The highest BCUT2D eigenvalue weighted by molar-refractivity contribution is 6.02. The van der Waals surface area contributed by atoms with Crippen LogP contribution in [0.2, 0.25) is 0 Å². The summed E-state index contributed by atoms with van der Waals surface area (Å²) in [7, 11) is 1.63. The van der Waals surface area contributed by atoms with Crippen LogP contribution in [-0.4, -0.2) is 40.0 Å². The fourth-order valence-electron chi connectivity index (χ4n) is 5.29. The van der Waals surface area contributed by atoms with Crippen LogP contribution in [0.25, 0.3) is 11.1 Å². The van der Waals surface area contributed by atoms with Gasteiger partial charge in [0.05, 0.1) is 25.4 Å². The molecule has 3 heterocycles. The number of ether oxygens (including phenoxy) is 1. The lowest BCUT2D eigenvalue weighted by Gasteiger charge is -2.45. The Balaban J connectivity index is 1.51. The normalized spacial score (nSPS) is 25.2. The molecule has 0 radical (unpaired) electrons. The van der Waals surface area contributed by atoms with Crippen LogP contribution in [0.5, 0.6) is 5.75 Å². The van der Waals surface area contributed by atoms with Gasteiger partial charge in [0.1, 0.15) is 17.0 Å². The molecule has 7 nitrogen and oxygen atoms in total. The van der Waals surface area contributed by atoms with E-state index in [-0.39, 0.29) is 17.9 Å². The van der Waals surface area contributed by atoms with Gasteiger partial charge in [0, 0.05) is 24.7 Å². The molecular weight excluding hydrogens is 418 g/mol. The summed E-state index contributed by atoms with van der Waals surface area (Å²) in [5, 5.41) is 3.31. The topological polar surface area (TPSA) is 76.7 Å². The van der Waals surface area contributed by atoms with Crippen LogP contribution in [0, 0.1) is 5.92 Å². The molecule has 33 heavy (non-hydrogen) atoms. The summed E-state index contributed by atoms with van der Waals surface area (Å²) < 4.78 is 12.7. The summed E-state index contributed by atoms with van der Waals surface area (Å²) in [6, 6.07) is 11.4. The number of benzene rings is 1. The number of furan rings is 1. The summed E-state index contributed by atoms with van der Waals surface area (Å²) in [6.07, 6.45) is 6.05. The van der Waals surface area contributed by atoms with Crippen molar-refractivity contribution in [2.45, 2.75) is 64.2 Å². The molecule has 1 aliphatic heterocycles. The Morgan fingerprint density at radius 1 is 1.21 bits per heavy atom. The van der Waals surface area contributed by atoms with Crippen molar-refractivity contribution in [3.05, 3.63) is 53.9 Å². The molecule has 2 aliphatic rings. The zero-order valence-corrected chi connectivity index (χ0v) is 19.5. The molecule has 7 heteroatoms. The fourth-order valence-corrected chi connectivity index (χ4v) is 5.29. The third kappa shape index (κ3) is 3.69. The monoisotopic (exact) mass is 449 g/mol. The summed E-state index contributed by atoms with van der Waals surface area (Å²) in [5.41, 5.74) is 1.96. The average Bonchev–Trinajstić information content (AvgIpc) is 3.41. The van der Waals surface area contributed by atoms with Crippen molar-refractivity contribution >= 4 is 22.9 Å². The first-order valence-electron chi connectivity index (χ1n) is 11.7. The second kappa shape index (κ2) is 8.28. The summed E-state index contributed by atoms with van der Waals surface area (Å²) in [6.45, 7) is 4.79. The lowest BCUT2D eigenvalue weighted by Crippen LogP contribution is -2.65. The minimum Gasteiger partial charge on any atom is -0.497 e. The first kappa shape index (κ1) is 21.6. The maximum Gasteiger partial charge on any atom is 0.271 e. The van der Waals surface area contributed by atoms with Gasteiger partial charge in [-0.15, -0.1) is 0 Å². The molecule has 0 spiro atoms. The molecule has 2 aromatic heterocycles. The zero-order chi connectivity index (χ0) is 23.2. The minimum absolute atomic E-state index is 0.0980. The third-order valence-corrected chi connectivity index (χ3v) is 7.47. The number of amides is 2. The van der Waals surface area contributed by atoms with Crippen LogP contribution in [0.1, 0.15) is 55.6 Å². The number of carbonyl (C=O) groups excluding carboxylic acids is 2. The predicted octanol–water partition coefficient (Wildman–Crippen LogP) is 4.35. The number of rotatable bonds is 5. The van der Waals surface area contributed by atoms with Gasteiger partial charge in [0.25, 0.3) is 5.91 Å². The average molecular weight is 450 g/mol. The van der Waals surface area contributed by atoms with Gasteiger partial charge in [-0.3, -0.25) is 9.59 Å². The first-order valence-corrected chi connectivity index (χ1v) is 11.7. The van der Waals surface area contributed by atoms with Crippen molar-refractivity contribution in [3.8, 4) is 5.75 Å². The standard InChI is InChI=1S/C26H31N3O4/c1-17-6-4-5-7-20(17)27-25(31)26(2)16-28-21-12-13-33-23(21)14-22(28)24(30)29(26)15-18-8-10-19(32-3)11-9-18/h8-14,17,20H,4-7,15-16H2,1-3H3,(H,27,31)/t17-,20-,26+/m0/s1. The van der Waals surface area contributed by atoms with Gasteiger partial charge in [-0.25, -0.2) is 0 Å². The number of nitrogens with zero attached hydrogens (tertiary/aromatic N) is 2. The number of hydrogen-bond donors (Lipinski definition) is 1. The second-order valence-corrected chi connectivity index (χ2v) is 9.64. The van der Waals surface area contributed by atoms with E-state index in [9.17, 15) is 9.59 Å². The second-order valence-electron chi connectivity index (χ2n) is 9.64. The van der Waals surface area contributed by atoms with Gasteiger partial charge in [0.2, 0.25) is 5.91 Å². The van der Waals surface area contributed by atoms with E-state index in [1.807, 2.05) is 41.8 Å². The highest BCUT2D eigenvalue weighted by Crippen LogP contribution is 2.35. The molecular formula is C26H31N3O4. The van der Waals surface area contributed by atoms with E-state index in [1.165, 1.54) is 6.42 Å². The molecule has 1 aromatic carbocycles. The van der Waals surface area contributed by atoms with E-state index < -0.39 is 5.54 Å². The van der Waals surface area contributed by atoms with Crippen molar-refractivity contribution in [1.29, 1.82) is 0 Å². The Morgan fingerprint density at radius 3 is 2.70 bits per heavy atom. The van der Waals surface area contributed by atoms with Crippen molar-refractivity contribution < 1.29 is 18.7 Å². The van der Waals surface area contributed by atoms with E-state index in [0.29, 0.717) is 30.3 Å². The van der Waals surface area contributed by atoms with Crippen LogP contribution in [-0.2, 0) is 17.9 Å². The zero-order valence-electron chi connectivity index (χ0n) is 19.5. The van der Waals surface area contributed by atoms with Crippen molar-refractivity contribution in [2.75, 3.05) is 7.11 Å².